The molecular weight excluding hydrogens is 466 g/mol. The van der Waals surface area contributed by atoms with Crippen LogP contribution in [0.2, 0.25) is 5.02 Å². The van der Waals surface area contributed by atoms with Crippen LogP contribution in [-0.4, -0.2) is 52.7 Å². The van der Waals surface area contributed by atoms with E-state index in [2.05, 4.69) is 38.0 Å². The Balaban J connectivity index is 1.35. The number of nitrogens with zero attached hydrogens (tertiary/aromatic N) is 2. The molecule has 4 N–H and O–H groups in total. The quantitative estimate of drug-likeness (QED) is 0.398. The van der Waals surface area contributed by atoms with E-state index in [9.17, 15) is 14.7 Å². The summed E-state index contributed by atoms with van der Waals surface area (Å²) < 4.78 is 0. The van der Waals surface area contributed by atoms with Crippen LogP contribution in [0.25, 0.3) is 0 Å². The van der Waals surface area contributed by atoms with Crippen LogP contribution in [0.4, 0.5) is 16.3 Å². The first kappa shape index (κ1) is 24.7. The van der Waals surface area contributed by atoms with Gasteiger partial charge in [-0.2, -0.15) is 0 Å². The summed E-state index contributed by atoms with van der Waals surface area (Å²) in [6.45, 7) is 2.31. The first-order valence-electron chi connectivity index (χ1n) is 11.5. The maximum absolute atomic E-state index is 12.8. The Morgan fingerprint density at radius 1 is 1.06 bits per heavy atom. The maximum Gasteiger partial charge on any atom is 0.319 e. The van der Waals surface area contributed by atoms with Crippen LogP contribution in [0.3, 0.4) is 0 Å². The number of likely N-dealkylation sites (tertiary alicyclic amines) is 1. The van der Waals surface area contributed by atoms with E-state index in [1.807, 2.05) is 18.2 Å². The van der Waals surface area contributed by atoms with Gasteiger partial charge >= 0.3 is 6.03 Å². The van der Waals surface area contributed by atoms with Gasteiger partial charge in [-0.05, 0) is 48.9 Å². The number of carbonyl (C=O) groups is 2. The molecule has 182 valence electrons. The molecule has 2 atom stereocenters. The van der Waals surface area contributed by atoms with Gasteiger partial charge in [0.2, 0.25) is 0 Å². The van der Waals surface area contributed by atoms with Crippen LogP contribution in [0.5, 0.6) is 0 Å². The van der Waals surface area contributed by atoms with Crippen molar-refractivity contribution in [1.82, 2.24) is 15.2 Å². The normalized spacial score (nSPS) is 18.0. The number of halogens is 1. The van der Waals surface area contributed by atoms with Crippen LogP contribution >= 0.6 is 11.6 Å². The topological polar surface area (TPSA) is 107 Å². The number of nitrogens with one attached hydrogen (secondary N) is 3. The van der Waals surface area contributed by atoms with E-state index < -0.39 is 0 Å². The van der Waals surface area contributed by atoms with Gasteiger partial charge in [0, 0.05) is 49.1 Å². The molecule has 0 aliphatic carbocycles. The van der Waals surface area contributed by atoms with Gasteiger partial charge in [-0.25, -0.2) is 9.78 Å². The molecule has 1 saturated heterocycles. The van der Waals surface area contributed by atoms with E-state index in [1.54, 1.807) is 36.4 Å². The van der Waals surface area contributed by atoms with Gasteiger partial charge in [0.05, 0.1) is 5.02 Å². The molecule has 2 heterocycles. The Morgan fingerprint density at radius 3 is 2.63 bits per heavy atom. The summed E-state index contributed by atoms with van der Waals surface area (Å²) in [5.74, 6) is 0.00715. The van der Waals surface area contributed by atoms with E-state index in [4.69, 9.17) is 11.6 Å². The molecule has 4 rings (SSSR count). The maximum atomic E-state index is 12.8. The summed E-state index contributed by atoms with van der Waals surface area (Å²) in [4.78, 5) is 31.7. The Hall–Kier alpha value is -3.46. The van der Waals surface area contributed by atoms with Gasteiger partial charge in [0.15, 0.2) is 0 Å². The zero-order valence-corrected chi connectivity index (χ0v) is 19.9. The number of hydrogen-bond acceptors (Lipinski definition) is 5. The fourth-order valence-electron chi connectivity index (χ4n) is 4.15. The van der Waals surface area contributed by atoms with Gasteiger partial charge in [-0.15, -0.1) is 0 Å². The minimum Gasteiger partial charge on any atom is -0.396 e. The molecule has 1 aliphatic heterocycles. The van der Waals surface area contributed by atoms with Crippen molar-refractivity contribution in [2.45, 2.75) is 19.0 Å². The van der Waals surface area contributed by atoms with Gasteiger partial charge in [0.1, 0.15) is 5.82 Å². The second-order valence-corrected chi connectivity index (χ2v) is 8.99. The van der Waals surface area contributed by atoms with Crippen LogP contribution in [0.15, 0.2) is 72.9 Å². The molecule has 1 fully saturated rings. The highest BCUT2D eigenvalue weighted by Crippen LogP contribution is 2.20. The van der Waals surface area contributed by atoms with Crippen molar-refractivity contribution in [1.29, 1.82) is 0 Å². The minimum absolute atomic E-state index is 0.0124. The highest BCUT2D eigenvalue weighted by atomic mass is 35.5. The number of rotatable bonds is 7. The Morgan fingerprint density at radius 2 is 1.89 bits per heavy atom. The highest BCUT2D eigenvalue weighted by molar-refractivity contribution is 6.30. The Bertz CT molecular complexity index is 1140. The van der Waals surface area contributed by atoms with E-state index in [1.165, 1.54) is 11.8 Å². The minimum atomic E-state index is -0.382. The largest absolute Gasteiger partial charge is 0.396 e. The molecule has 0 radical (unpaired) electrons. The monoisotopic (exact) mass is 493 g/mol. The van der Waals surface area contributed by atoms with Crippen LogP contribution in [0.1, 0.15) is 22.3 Å². The summed E-state index contributed by atoms with van der Waals surface area (Å²) in [7, 11) is 0. The number of anilines is 2. The number of benzene rings is 2. The molecule has 1 aliphatic rings. The summed E-state index contributed by atoms with van der Waals surface area (Å²) in [5, 5.41) is 18.8. The number of amides is 3. The number of aromatic nitrogens is 1. The lowest BCUT2D eigenvalue weighted by atomic mass is 9.92. The standard InChI is InChI=1S/C26H28ClN5O3/c27-21-9-10-24(28-14-21)31-25(34)19-7-4-8-22(13-19)29-26(35)30-23-16-32(12-11-20(23)17-33)15-18-5-2-1-3-6-18/h1-10,13-14,20,23,33H,11-12,15-17H2,(H,28,31,34)(H2,29,30,35). The number of hydrogen-bond donors (Lipinski definition) is 4. The SMILES string of the molecule is O=C(Nc1cccc(C(=O)Nc2ccc(Cl)cn2)c1)NC1CN(Cc2ccccc2)CCC1CO. The van der Waals surface area contributed by atoms with E-state index in [0.29, 0.717) is 28.6 Å². The van der Waals surface area contributed by atoms with E-state index in [-0.39, 0.29) is 30.5 Å². The first-order valence-corrected chi connectivity index (χ1v) is 11.9. The van der Waals surface area contributed by atoms with Gasteiger partial charge in [0.25, 0.3) is 5.91 Å². The number of carbonyl (C=O) groups excluding carboxylic acids is 2. The zero-order valence-electron chi connectivity index (χ0n) is 19.2. The summed E-state index contributed by atoms with van der Waals surface area (Å²) in [6, 6.07) is 19.5. The van der Waals surface area contributed by atoms with Crippen molar-refractivity contribution in [3.63, 3.8) is 0 Å². The third-order valence-corrected chi connectivity index (χ3v) is 6.22. The van der Waals surface area contributed by atoms with Crippen molar-refractivity contribution < 1.29 is 14.7 Å². The van der Waals surface area contributed by atoms with Crippen molar-refractivity contribution >= 4 is 35.0 Å². The molecule has 0 saturated carbocycles. The zero-order chi connectivity index (χ0) is 24.6. The number of pyridine rings is 1. The van der Waals surface area contributed by atoms with Crippen molar-refractivity contribution in [3.05, 3.63) is 89.1 Å². The smallest absolute Gasteiger partial charge is 0.319 e. The fraction of sp³-hybridized carbons (Fsp3) is 0.269. The van der Waals surface area contributed by atoms with Crippen LogP contribution in [-0.2, 0) is 6.54 Å². The van der Waals surface area contributed by atoms with Crippen molar-refractivity contribution in [3.8, 4) is 0 Å². The molecule has 0 spiro atoms. The Labute approximate surface area is 209 Å². The summed E-state index contributed by atoms with van der Waals surface area (Å²) in [5.41, 5.74) is 2.07. The number of aliphatic hydroxyl groups is 1. The predicted molar refractivity (Wildman–Crippen MR) is 136 cm³/mol. The second kappa shape index (κ2) is 11.8. The average Bonchev–Trinajstić information content (AvgIpc) is 2.86. The highest BCUT2D eigenvalue weighted by Gasteiger charge is 2.30. The fourth-order valence-corrected chi connectivity index (χ4v) is 4.26. The molecule has 35 heavy (non-hydrogen) atoms. The van der Waals surface area contributed by atoms with E-state index in [0.717, 1.165) is 19.5 Å². The van der Waals surface area contributed by atoms with Crippen molar-refractivity contribution in [2.75, 3.05) is 30.3 Å². The molecule has 1 aromatic heterocycles. The first-order chi connectivity index (χ1) is 17.0. The van der Waals surface area contributed by atoms with Crippen LogP contribution in [0, 0.1) is 5.92 Å². The predicted octanol–water partition coefficient (Wildman–Crippen LogP) is 3.99. The molecule has 8 nitrogen and oxygen atoms in total. The van der Waals surface area contributed by atoms with Gasteiger partial charge in [-0.1, -0.05) is 48.0 Å². The van der Waals surface area contributed by atoms with Crippen LogP contribution < -0.4 is 16.0 Å². The summed E-state index contributed by atoms with van der Waals surface area (Å²) >= 11 is 5.83. The number of aliphatic hydroxyl groups excluding tert-OH is 1. The molecule has 3 aromatic rings. The molecule has 9 heteroatoms. The molecule has 2 aromatic carbocycles. The lowest BCUT2D eigenvalue weighted by Gasteiger charge is -2.38. The third-order valence-electron chi connectivity index (χ3n) is 5.99. The number of urea groups is 1. The lowest BCUT2D eigenvalue weighted by molar-refractivity contribution is 0.0958. The van der Waals surface area contributed by atoms with E-state index >= 15 is 0 Å². The molecule has 3 amide bonds. The molecule has 0 bridgehead atoms. The lowest BCUT2D eigenvalue weighted by Crippen LogP contribution is -2.54. The number of piperidine rings is 1. The van der Waals surface area contributed by atoms with Crippen molar-refractivity contribution in [2.24, 2.45) is 5.92 Å². The summed E-state index contributed by atoms with van der Waals surface area (Å²) in [6.07, 6.45) is 2.24. The third kappa shape index (κ3) is 7.02. The van der Waals surface area contributed by atoms with Gasteiger partial charge in [-0.3, -0.25) is 9.69 Å². The molecular formula is C26H28ClN5O3. The second-order valence-electron chi connectivity index (χ2n) is 8.55. The Kier molecular flexibility index (Phi) is 8.31. The van der Waals surface area contributed by atoms with Gasteiger partial charge < -0.3 is 21.1 Å². The average molecular weight is 494 g/mol. The molecule has 2 unspecified atom stereocenters.